The highest BCUT2D eigenvalue weighted by molar-refractivity contribution is 6.68. The van der Waals surface area contributed by atoms with Crippen molar-refractivity contribution in [2.24, 2.45) is 0 Å². The maximum Gasteiger partial charge on any atom is 0.244 e. The standard InChI is InChI=1S/C8H5Cl2FO/c9-7(8(10)12)5-2-1-3-6(11)4-5/h1-4,7H. The zero-order valence-corrected chi connectivity index (χ0v) is 7.44. The Morgan fingerprint density at radius 1 is 1.50 bits per heavy atom. The molecule has 0 saturated carbocycles. The highest BCUT2D eigenvalue weighted by Crippen LogP contribution is 2.23. The van der Waals surface area contributed by atoms with Crippen LogP contribution in [-0.2, 0) is 4.79 Å². The van der Waals surface area contributed by atoms with Crippen molar-refractivity contribution in [3.8, 4) is 0 Å². The maximum atomic E-state index is 12.6. The first-order valence-corrected chi connectivity index (χ1v) is 4.01. The van der Waals surface area contributed by atoms with E-state index in [0.717, 1.165) is 0 Å². The molecule has 12 heavy (non-hydrogen) atoms. The summed E-state index contributed by atoms with van der Waals surface area (Å²) in [4.78, 5) is 10.6. The van der Waals surface area contributed by atoms with Crippen molar-refractivity contribution in [1.29, 1.82) is 0 Å². The number of hydrogen-bond donors (Lipinski definition) is 0. The molecule has 0 aliphatic heterocycles. The summed E-state index contributed by atoms with van der Waals surface area (Å²) >= 11 is 10.7. The van der Waals surface area contributed by atoms with Crippen LogP contribution in [0.5, 0.6) is 0 Å². The third kappa shape index (κ3) is 2.19. The van der Waals surface area contributed by atoms with Gasteiger partial charge in [0.25, 0.3) is 0 Å². The Labute approximate surface area is 79.1 Å². The van der Waals surface area contributed by atoms with E-state index in [1.54, 1.807) is 6.07 Å². The average molecular weight is 207 g/mol. The molecule has 1 atom stereocenters. The van der Waals surface area contributed by atoms with Gasteiger partial charge in [-0.05, 0) is 29.3 Å². The van der Waals surface area contributed by atoms with Gasteiger partial charge in [0.15, 0.2) is 0 Å². The lowest BCUT2D eigenvalue weighted by Gasteiger charge is -2.02. The Morgan fingerprint density at radius 2 is 2.17 bits per heavy atom. The summed E-state index contributed by atoms with van der Waals surface area (Å²) in [5.41, 5.74) is 0.372. The predicted molar refractivity (Wildman–Crippen MR) is 45.9 cm³/mol. The lowest BCUT2D eigenvalue weighted by molar-refractivity contribution is -0.111. The van der Waals surface area contributed by atoms with Gasteiger partial charge in [-0.2, -0.15) is 0 Å². The highest BCUT2D eigenvalue weighted by atomic mass is 35.5. The first-order valence-electron chi connectivity index (χ1n) is 3.20. The van der Waals surface area contributed by atoms with E-state index in [0.29, 0.717) is 5.56 Å². The molecule has 1 unspecified atom stereocenters. The van der Waals surface area contributed by atoms with Crippen LogP contribution in [0.25, 0.3) is 0 Å². The van der Waals surface area contributed by atoms with E-state index in [2.05, 4.69) is 0 Å². The number of carbonyl (C=O) groups is 1. The molecular formula is C8H5Cl2FO. The molecule has 1 aromatic rings. The van der Waals surface area contributed by atoms with Gasteiger partial charge in [-0.15, -0.1) is 11.6 Å². The molecule has 0 heterocycles. The van der Waals surface area contributed by atoms with E-state index in [1.165, 1.54) is 18.2 Å². The minimum atomic E-state index is -0.970. The average Bonchev–Trinajstić information content (AvgIpc) is 2.03. The van der Waals surface area contributed by atoms with Gasteiger partial charge in [-0.1, -0.05) is 12.1 Å². The van der Waals surface area contributed by atoms with Gasteiger partial charge in [-0.3, -0.25) is 4.79 Å². The minimum absolute atomic E-state index is 0.372. The lowest BCUT2D eigenvalue weighted by Crippen LogP contribution is -1.98. The molecular weight excluding hydrogens is 202 g/mol. The number of alkyl halides is 1. The van der Waals surface area contributed by atoms with Gasteiger partial charge in [-0.25, -0.2) is 4.39 Å². The molecule has 1 nitrogen and oxygen atoms in total. The van der Waals surface area contributed by atoms with Gasteiger partial charge in [0.2, 0.25) is 5.24 Å². The normalized spacial score (nSPS) is 12.6. The number of hydrogen-bond acceptors (Lipinski definition) is 1. The minimum Gasteiger partial charge on any atom is -0.279 e. The second-order valence-corrected chi connectivity index (χ2v) is 3.03. The van der Waals surface area contributed by atoms with E-state index >= 15 is 0 Å². The maximum absolute atomic E-state index is 12.6. The fraction of sp³-hybridized carbons (Fsp3) is 0.125. The largest absolute Gasteiger partial charge is 0.279 e. The highest BCUT2D eigenvalue weighted by Gasteiger charge is 2.14. The fourth-order valence-corrected chi connectivity index (χ4v) is 1.06. The molecule has 1 aromatic carbocycles. The summed E-state index contributed by atoms with van der Waals surface area (Å²) < 4.78 is 12.6. The van der Waals surface area contributed by atoms with E-state index in [-0.39, 0.29) is 0 Å². The first kappa shape index (κ1) is 9.49. The smallest absolute Gasteiger partial charge is 0.244 e. The fourth-order valence-electron chi connectivity index (χ4n) is 0.795. The molecule has 4 heteroatoms. The van der Waals surface area contributed by atoms with Crippen molar-refractivity contribution in [1.82, 2.24) is 0 Å². The number of carbonyl (C=O) groups excluding carboxylic acids is 1. The monoisotopic (exact) mass is 206 g/mol. The second kappa shape index (κ2) is 3.87. The summed E-state index contributed by atoms with van der Waals surface area (Å²) in [7, 11) is 0. The van der Waals surface area contributed by atoms with E-state index in [1.807, 2.05) is 0 Å². The summed E-state index contributed by atoms with van der Waals surface area (Å²) in [6, 6.07) is 5.46. The van der Waals surface area contributed by atoms with E-state index < -0.39 is 16.4 Å². The van der Waals surface area contributed by atoms with Crippen LogP contribution < -0.4 is 0 Å². The number of rotatable bonds is 2. The molecule has 0 bridgehead atoms. The zero-order valence-electron chi connectivity index (χ0n) is 5.93. The Kier molecular flexibility index (Phi) is 3.06. The molecule has 0 saturated heterocycles. The summed E-state index contributed by atoms with van der Waals surface area (Å²) in [6.45, 7) is 0. The van der Waals surface area contributed by atoms with Crippen LogP contribution in [0.4, 0.5) is 4.39 Å². The third-order valence-corrected chi connectivity index (χ3v) is 2.12. The topological polar surface area (TPSA) is 17.1 Å². The van der Waals surface area contributed by atoms with Crippen molar-refractivity contribution in [3.05, 3.63) is 35.6 Å². The first-order chi connectivity index (χ1) is 5.61. The molecule has 0 radical (unpaired) electrons. The molecule has 0 aliphatic carbocycles. The van der Waals surface area contributed by atoms with Gasteiger partial charge in [0.1, 0.15) is 11.2 Å². The van der Waals surface area contributed by atoms with Gasteiger partial charge >= 0.3 is 0 Å². The molecule has 0 spiro atoms. The lowest BCUT2D eigenvalue weighted by atomic mass is 10.1. The third-order valence-electron chi connectivity index (χ3n) is 1.34. The van der Waals surface area contributed by atoms with Crippen molar-refractivity contribution in [2.75, 3.05) is 0 Å². The van der Waals surface area contributed by atoms with Crippen LogP contribution >= 0.6 is 23.2 Å². The van der Waals surface area contributed by atoms with E-state index in [9.17, 15) is 9.18 Å². The number of halogens is 3. The van der Waals surface area contributed by atoms with Crippen molar-refractivity contribution in [2.45, 2.75) is 5.38 Å². The van der Waals surface area contributed by atoms with Crippen LogP contribution in [0, 0.1) is 5.82 Å². The molecule has 0 aliphatic rings. The van der Waals surface area contributed by atoms with Crippen molar-refractivity contribution >= 4 is 28.4 Å². The Morgan fingerprint density at radius 3 is 2.67 bits per heavy atom. The Balaban J connectivity index is 2.95. The van der Waals surface area contributed by atoms with Crippen LogP contribution in [0.1, 0.15) is 10.9 Å². The molecule has 64 valence electrons. The van der Waals surface area contributed by atoms with Crippen LogP contribution in [0.15, 0.2) is 24.3 Å². The Bertz CT molecular complexity index is 301. The van der Waals surface area contributed by atoms with Gasteiger partial charge < -0.3 is 0 Å². The van der Waals surface area contributed by atoms with Crippen molar-refractivity contribution < 1.29 is 9.18 Å². The molecule has 0 N–H and O–H groups in total. The molecule has 0 amide bonds. The molecule has 1 rings (SSSR count). The summed E-state index contributed by atoms with van der Waals surface area (Å²) in [5, 5.41) is -1.68. The zero-order chi connectivity index (χ0) is 9.14. The van der Waals surface area contributed by atoms with Gasteiger partial charge in [0, 0.05) is 0 Å². The SMILES string of the molecule is O=C(Cl)C(Cl)c1cccc(F)c1. The van der Waals surface area contributed by atoms with Crippen LogP contribution in [0.3, 0.4) is 0 Å². The van der Waals surface area contributed by atoms with Gasteiger partial charge in [0.05, 0.1) is 0 Å². The molecule has 0 fully saturated rings. The second-order valence-electron chi connectivity index (χ2n) is 2.22. The van der Waals surface area contributed by atoms with E-state index in [4.69, 9.17) is 23.2 Å². The van der Waals surface area contributed by atoms with Crippen LogP contribution in [-0.4, -0.2) is 5.24 Å². The Hall–Kier alpha value is -0.600. The summed E-state index contributed by atoms with van der Waals surface area (Å²) in [5.74, 6) is -0.434. The molecule has 0 aromatic heterocycles. The van der Waals surface area contributed by atoms with Crippen molar-refractivity contribution in [3.63, 3.8) is 0 Å². The van der Waals surface area contributed by atoms with Crippen LogP contribution in [0.2, 0.25) is 0 Å². The quantitative estimate of drug-likeness (QED) is 0.538. The summed E-state index contributed by atoms with van der Waals surface area (Å²) in [6.07, 6.45) is 0. The number of benzene rings is 1. The predicted octanol–water partition coefficient (Wildman–Crippen LogP) is 2.87.